The van der Waals surface area contributed by atoms with E-state index < -0.39 is 5.97 Å². The van der Waals surface area contributed by atoms with Gasteiger partial charge in [-0.3, -0.25) is 0 Å². The fourth-order valence-corrected chi connectivity index (χ4v) is 1.81. The molecule has 2 rings (SSSR count). The van der Waals surface area contributed by atoms with Crippen LogP contribution in [0.25, 0.3) is 6.08 Å². The summed E-state index contributed by atoms with van der Waals surface area (Å²) in [6.07, 6.45) is 2.56. The number of carboxylic acids is 1. The van der Waals surface area contributed by atoms with E-state index in [9.17, 15) is 4.79 Å². The van der Waals surface area contributed by atoms with Crippen LogP contribution in [0.3, 0.4) is 0 Å². The second kappa shape index (κ2) is 7.14. The van der Waals surface area contributed by atoms with E-state index in [2.05, 4.69) is 0 Å². The van der Waals surface area contributed by atoms with Crippen molar-refractivity contribution in [2.24, 2.45) is 0 Å². The molecule has 0 spiro atoms. The highest BCUT2D eigenvalue weighted by Gasteiger charge is 2.04. The standard InChI is InChI=1S/C17H16O4/c1-20-15-8-9-16(14(11-15)7-10-17(18)19)21-12-13-5-3-2-4-6-13/h2-11H,12H2,1H3,(H,18,19)/b10-7+. The van der Waals surface area contributed by atoms with Gasteiger partial charge >= 0.3 is 5.97 Å². The van der Waals surface area contributed by atoms with Gasteiger partial charge in [0, 0.05) is 11.6 Å². The first-order valence-electron chi connectivity index (χ1n) is 6.45. The summed E-state index contributed by atoms with van der Waals surface area (Å²) in [5, 5.41) is 8.74. The third-order valence-corrected chi connectivity index (χ3v) is 2.86. The molecule has 0 radical (unpaired) electrons. The Balaban J connectivity index is 2.19. The smallest absolute Gasteiger partial charge is 0.328 e. The molecular weight excluding hydrogens is 268 g/mol. The number of hydrogen-bond donors (Lipinski definition) is 1. The molecule has 0 aromatic heterocycles. The number of benzene rings is 2. The fourth-order valence-electron chi connectivity index (χ4n) is 1.81. The van der Waals surface area contributed by atoms with Crippen molar-refractivity contribution in [2.75, 3.05) is 7.11 Å². The monoisotopic (exact) mass is 284 g/mol. The lowest BCUT2D eigenvalue weighted by molar-refractivity contribution is -0.131. The molecule has 4 heteroatoms. The Morgan fingerprint density at radius 1 is 1.19 bits per heavy atom. The highest BCUT2D eigenvalue weighted by molar-refractivity contribution is 5.86. The van der Waals surface area contributed by atoms with Gasteiger partial charge in [0.15, 0.2) is 0 Å². The lowest BCUT2D eigenvalue weighted by atomic mass is 10.1. The van der Waals surface area contributed by atoms with Gasteiger partial charge < -0.3 is 14.6 Å². The largest absolute Gasteiger partial charge is 0.497 e. The summed E-state index contributed by atoms with van der Waals surface area (Å²) in [6, 6.07) is 15.0. The average molecular weight is 284 g/mol. The summed E-state index contributed by atoms with van der Waals surface area (Å²) >= 11 is 0. The summed E-state index contributed by atoms with van der Waals surface area (Å²) in [5.74, 6) is 0.246. The molecule has 0 saturated heterocycles. The molecule has 0 aliphatic carbocycles. The van der Waals surface area contributed by atoms with E-state index in [-0.39, 0.29) is 0 Å². The number of aliphatic carboxylic acids is 1. The number of hydrogen-bond acceptors (Lipinski definition) is 3. The number of methoxy groups -OCH3 is 1. The number of carboxylic acid groups (broad SMARTS) is 1. The van der Waals surface area contributed by atoms with E-state index >= 15 is 0 Å². The Kier molecular flexibility index (Phi) is 4.99. The summed E-state index contributed by atoms with van der Waals surface area (Å²) in [4.78, 5) is 10.7. The first-order chi connectivity index (χ1) is 10.2. The molecule has 2 aromatic rings. The topological polar surface area (TPSA) is 55.8 Å². The first-order valence-corrected chi connectivity index (χ1v) is 6.45. The van der Waals surface area contributed by atoms with Crippen LogP contribution in [0.15, 0.2) is 54.6 Å². The van der Waals surface area contributed by atoms with Crippen molar-refractivity contribution in [1.29, 1.82) is 0 Å². The Morgan fingerprint density at radius 3 is 2.62 bits per heavy atom. The minimum Gasteiger partial charge on any atom is -0.497 e. The summed E-state index contributed by atoms with van der Waals surface area (Å²) in [5.41, 5.74) is 1.70. The molecule has 0 saturated carbocycles. The maximum absolute atomic E-state index is 10.7. The predicted molar refractivity (Wildman–Crippen MR) is 80.4 cm³/mol. The zero-order chi connectivity index (χ0) is 15.1. The van der Waals surface area contributed by atoms with Gasteiger partial charge in [0.2, 0.25) is 0 Å². The minimum atomic E-state index is -1.01. The van der Waals surface area contributed by atoms with Gasteiger partial charge in [-0.25, -0.2) is 4.79 Å². The Hall–Kier alpha value is -2.75. The highest BCUT2D eigenvalue weighted by atomic mass is 16.5. The lowest BCUT2D eigenvalue weighted by Gasteiger charge is -2.11. The zero-order valence-electron chi connectivity index (χ0n) is 11.7. The molecule has 0 amide bonds. The molecule has 21 heavy (non-hydrogen) atoms. The van der Waals surface area contributed by atoms with E-state index in [1.807, 2.05) is 30.3 Å². The SMILES string of the molecule is COc1ccc(OCc2ccccc2)c(/C=C/C(=O)O)c1. The fraction of sp³-hybridized carbons (Fsp3) is 0.118. The molecule has 0 heterocycles. The molecule has 0 unspecified atom stereocenters. The van der Waals surface area contributed by atoms with Crippen LogP contribution < -0.4 is 9.47 Å². The average Bonchev–Trinajstić information content (AvgIpc) is 2.52. The van der Waals surface area contributed by atoms with Crippen LogP contribution in [-0.4, -0.2) is 18.2 Å². The van der Waals surface area contributed by atoms with Gasteiger partial charge in [-0.1, -0.05) is 30.3 Å². The second-order valence-corrected chi connectivity index (χ2v) is 4.35. The molecule has 0 atom stereocenters. The van der Waals surface area contributed by atoms with Gasteiger partial charge in [0.05, 0.1) is 7.11 Å². The van der Waals surface area contributed by atoms with Gasteiger partial charge in [-0.15, -0.1) is 0 Å². The maximum Gasteiger partial charge on any atom is 0.328 e. The molecule has 108 valence electrons. The number of carbonyl (C=O) groups is 1. The van der Waals surface area contributed by atoms with E-state index in [4.69, 9.17) is 14.6 Å². The molecule has 2 aromatic carbocycles. The summed E-state index contributed by atoms with van der Waals surface area (Å²) < 4.78 is 10.9. The predicted octanol–water partition coefficient (Wildman–Crippen LogP) is 3.37. The van der Waals surface area contributed by atoms with Crippen LogP contribution in [0, 0.1) is 0 Å². The van der Waals surface area contributed by atoms with Gasteiger partial charge in [0.25, 0.3) is 0 Å². The van der Waals surface area contributed by atoms with Crippen molar-refractivity contribution in [3.63, 3.8) is 0 Å². The van der Waals surface area contributed by atoms with Crippen molar-refractivity contribution in [2.45, 2.75) is 6.61 Å². The van der Waals surface area contributed by atoms with Crippen LogP contribution in [0.5, 0.6) is 11.5 Å². The third kappa shape index (κ3) is 4.38. The van der Waals surface area contributed by atoms with E-state index in [0.29, 0.717) is 23.7 Å². The quantitative estimate of drug-likeness (QED) is 0.826. The normalized spacial score (nSPS) is 10.5. The van der Waals surface area contributed by atoms with Crippen LogP contribution in [0.2, 0.25) is 0 Å². The first kappa shape index (κ1) is 14.7. The molecule has 0 bridgehead atoms. The molecular formula is C17H16O4. The maximum atomic E-state index is 10.7. The van der Waals surface area contributed by atoms with Crippen molar-refractivity contribution < 1.29 is 19.4 Å². The van der Waals surface area contributed by atoms with E-state index in [0.717, 1.165) is 11.6 Å². The molecule has 0 fully saturated rings. The van der Waals surface area contributed by atoms with Crippen LogP contribution >= 0.6 is 0 Å². The van der Waals surface area contributed by atoms with Crippen molar-refractivity contribution in [1.82, 2.24) is 0 Å². The van der Waals surface area contributed by atoms with Gasteiger partial charge in [-0.2, -0.15) is 0 Å². The van der Waals surface area contributed by atoms with Crippen molar-refractivity contribution in [3.8, 4) is 11.5 Å². The van der Waals surface area contributed by atoms with Crippen LogP contribution in [0.4, 0.5) is 0 Å². The molecule has 1 N–H and O–H groups in total. The molecule has 0 aliphatic heterocycles. The van der Waals surface area contributed by atoms with Crippen LogP contribution in [0.1, 0.15) is 11.1 Å². The Bertz CT molecular complexity index is 632. The second-order valence-electron chi connectivity index (χ2n) is 4.35. The van der Waals surface area contributed by atoms with E-state index in [1.54, 1.807) is 25.3 Å². The Labute approximate surface area is 123 Å². The number of rotatable bonds is 6. The summed E-state index contributed by atoms with van der Waals surface area (Å²) in [6.45, 7) is 0.418. The lowest BCUT2D eigenvalue weighted by Crippen LogP contribution is -1.97. The summed E-state index contributed by atoms with van der Waals surface area (Å²) in [7, 11) is 1.56. The number of ether oxygens (including phenoxy) is 2. The third-order valence-electron chi connectivity index (χ3n) is 2.86. The van der Waals surface area contributed by atoms with E-state index in [1.165, 1.54) is 6.08 Å². The Morgan fingerprint density at radius 2 is 1.95 bits per heavy atom. The zero-order valence-corrected chi connectivity index (χ0v) is 11.7. The molecule has 0 aliphatic rings. The molecule has 4 nitrogen and oxygen atoms in total. The van der Waals surface area contributed by atoms with Crippen molar-refractivity contribution in [3.05, 3.63) is 65.7 Å². The van der Waals surface area contributed by atoms with Crippen molar-refractivity contribution >= 4 is 12.0 Å². The highest BCUT2D eigenvalue weighted by Crippen LogP contribution is 2.26. The van der Waals surface area contributed by atoms with Crippen LogP contribution in [-0.2, 0) is 11.4 Å². The minimum absolute atomic E-state index is 0.418. The van der Waals surface area contributed by atoms with Gasteiger partial charge in [0.1, 0.15) is 18.1 Å². The van der Waals surface area contributed by atoms with Gasteiger partial charge in [-0.05, 0) is 29.8 Å².